The van der Waals surface area contributed by atoms with Gasteiger partial charge in [-0.3, -0.25) is 4.79 Å². The average Bonchev–Trinajstić information content (AvgIpc) is 2.93. The minimum absolute atomic E-state index is 0.0216. The minimum Gasteiger partial charge on any atom is -0.492 e. The summed E-state index contributed by atoms with van der Waals surface area (Å²) in [4.78, 5) is 10.6. The molecule has 0 amide bonds. The molecule has 1 saturated carbocycles. The summed E-state index contributed by atoms with van der Waals surface area (Å²) in [6.07, 6.45) is 0.947. The second-order valence-corrected chi connectivity index (χ2v) is 7.65. The number of carboxylic acid groups (broad SMARTS) is 1. The molecule has 0 saturated heterocycles. The number of halogens is 2. The van der Waals surface area contributed by atoms with E-state index in [0.29, 0.717) is 6.42 Å². The zero-order valence-corrected chi connectivity index (χ0v) is 13.5. The van der Waals surface area contributed by atoms with Crippen LogP contribution in [0.2, 0.25) is 5.02 Å². The molecule has 0 unspecified atom stereocenters. The fraction of sp³-hybridized carbons (Fsp3) is 0.500. The second-order valence-electron chi connectivity index (χ2n) is 5.11. The zero-order chi connectivity index (χ0) is 16.5. The Morgan fingerprint density at radius 3 is 2.73 bits per heavy atom. The first-order valence-corrected chi connectivity index (χ1v) is 8.80. The number of carbonyl (C=O) groups is 1. The van der Waals surface area contributed by atoms with Gasteiger partial charge in [0.05, 0.1) is 22.8 Å². The molecule has 2 rings (SSSR count). The van der Waals surface area contributed by atoms with Crippen LogP contribution in [-0.4, -0.2) is 31.4 Å². The molecule has 1 N–H and O–H groups in total. The van der Waals surface area contributed by atoms with E-state index in [2.05, 4.69) is 0 Å². The van der Waals surface area contributed by atoms with E-state index in [9.17, 15) is 17.6 Å². The number of sulfone groups is 1. The lowest BCUT2D eigenvalue weighted by atomic mass is 10.1. The number of ether oxygens (including phenoxy) is 1. The molecule has 0 radical (unpaired) electrons. The number of carboxylic acids is 1. The van der Waals surface area contributed by atoms with Crippen LogP contribution in [0.3, 0.4) is 0 Å². The van der Waals surface area contributed by atoms with Crippen molar-refractivity contribution in [3.05, 3.63) is 23.0 Å². The summed E-state index contributed by atoms with van der Waals surface area (Å²) in [7, 11) is -4.11. The van der Waals surface area contributed by atoms with Gasteiger partial charge in [-0.05, 0) is 25.8 Å². The van der Waals surface area contributed by atoms with Crippen molar-refractivity contribution < 1.29 is 27.4 Å². The quantitative estimate of drug-likeness (QED) is 0.883. The summed E-state index contributed by atoms with van der Waals surface area (Å²) in [5, 5.41) is 7.98. The maximum Gasteiger partial charge on any atom is 0.307 e. The fourth-order valence-electron chi connectivity index (χ4n) is 2.74. The smallest absolute Gasteiger partial charge is 0.307 e. The predicted molar refractivity (Wildman–Crippen MR) is 78.5 cm³/mol. The van der Waals surface area contributed by atoms with E-state index in [0.717, 1.165) is 12.1 Å². The van der Waals surface area contributed by atoms with E-state index in [-0.39, 0.29) is 30.2 Å². The number of hydrogen-bond acceptors (Lipinski definition) is 4. The Balaban J connectivity index is 2.46. The van der Waals surface area contributed by atoms with Crippen molar-refractivity contribution in [1.82, 2.24) is 0 Å². The molecule has 1 fully saturated rings. The average molecular weight is 351 g/mol. The Morgan fingerprint density at radius 1 is 1.45 bits per heavy atom. The van der Waals surface area contributed by atoms with Crippen LogP contribution >= 0.6 is 11.6 Å². The van der Waals surface area contributed by atoms with Gasteiger partial charge in [0, 0.05) is 6.07 Å². The highest BCUT2D eigenvalue weighted by atomic mass is 35.5. The van der Waals surface area contributed by atoms with Crippen LogP contribution in [0.15, 0.2) is 17.0 Å². The third-order valence-electron chi connectivity index (χ3n) is 3.76. The van der Waals surface area contributed by atoms with Crippen LogP contribution < -0.4 is 4.74 Å². The van der Waals surface area contributed by atoms with Crippen LogP contribution in [-0.2, 0) is 14.6 Å². The van der Waals surface area contributed by atoms with Crippen LogP contribution in [0.1, 0.15) is 26.2 Å². The van der Waals surface area contributed by atoms with Crippen LogP contribution in [0.4, 0.5) is 4.39 Å². The summed E-state index contributed by atoms with van der Waals surface area (Å²) < 4.78 is 44.5. The van der Waals surface area contributed by atoms with Crippen LogP contribution in [0.25, 0.3) is 0 Å². The normalized spacial score (nSPS) is 21.8. The molecule has 22 heavy (non-hydrogen) atoms. The summed E-state index contributed by atoms with van der Waals surface area (Å²) in [6.45, 7) is 1.95. The van der Waals surface area contributed by atoms with Gasteiger partial charge in [-0.15, -0.1) is 0 Å². The van der Waals surface area contributed by atoms with Gasteiger partial charge in [0.1, 0.15) is 16.5 Å². The highest BCUT2D eigenvalue weighted by Crippen LogP contribution is 2.38. The largest absolute Gasteiger partial charge is 0.492 e. The first kappa shape index (κ1) is 17.0. The number of benzene rings is 1. The van der Waals surface area contributed by atoms with Gasteiger partial charge < -0.3 is 9.84 Å². The molecule has 2 atom stereocenters. The van der Waals surface area contributed by atoms with Gasteiger partial charge in [-0.1, -0.05) is 18.0 Å². The van der Waals surface area contributed by atoms with Crippen molar-refractivity contribution in [2.45, 2.75) is 36.3 Å². The Kier molecular flexibility index (Phi) is 4.97. The highest BCUT2D eigenvalue weighted by Gasteiger charge is 2.43. The first-order chi connectivity index (χ1) is 10.3. The van der Waals surface area contributed by atoms with Gasteiger partial charge in [0.25, 0.3) is 0 Å². The number of rotatable bonds is 5. The lowest BCUT2D eigenvalue weighted by molar-refractivity contribution is -0.141. The Hall–Kier alpha value is -1.34. The summed E-state index contributed by atoms with van der Waals surface area (Å²) in [5.74, 6) is -3.12. The zero-order valence-electron chi connectivity index (χ0n) is 11.9. The highest BCUT2D eigenvalue weighted by molar-refractivity contribution is 7.92. The van der Waals surface area contributed by atoms with Crippen molar-refractivity contribution in [2.75, 3.05) is 6.61 Å². The molecule has 1 aromatic carbocycles. The summed E-state index contributed by atoms with van der Waals surface area (Å²) in [5.41, 5.74) is 0. The van der Waals surface area contributed by atoms with E-state index in [4.69, 9.17) is 21.4 Å². The van der Waals surface area contributed by atoms with Crippen molar-refractivity contribution in [3.63, 3.8) is 0 Å². The van der Waals surface area contributed by atoms with Crippen LogP contribution in [0, 0.1) is 11.7 Å². The van der Waals surface area contributed by atoms with Gasteiger partial charge in [-0.25, -0.2) is 12.8 Å². The molecule has 0 aromatic heterocycles. The van der Waals surface area contributed by atoms with Crippen molar-refractivity contribution in [3.8, 4) is 5.75 Å². The molecular weight excluding hydrogens is 335 g/mol. The number of aliphatic carboxylic acids is 1. The van der Waals surface area contributed by atoms with E-state index in [1.807, 2.05) is 0 Å². The molecule has 0 bridgehead atoms. The van der Waals surface area contributed by atoms with Gasteiger partial charge in [0.2, 0.25) is 0 Å². The lowest BCUT2D eigenvalue weighted by Gasteiger charge is -2.18. The summed E-state index contributed by atoms with van der Waals surface area (Å²) >= 11 is 5.92. The van der Waals surface area contributed by atoms with E-state index in [1.54, 1.807) is 6.92 Å². The van der Waals surface area contributed by atoms with E-state index in [1.165, 1.54) is 0 Å². The molecule has 8 heteroatoms. The SMILES string of the molecule is CCOc1cc(F)c(S(=O)(=O)[C@@H]2CCC[C@H]2C(=O)O)cc1Cl. The van der Waals surface area contributed by atoms with E-state index < -0.39 is 37.7 Å². The molecule has 0 heterocycles. The molecule has 0 aliphatic heterocycles. The monoisotopic (exact) mass is 350 g/mol. The van der Waals surface area contributed by atoms with E-state index >= 15 is 0 Å². The Bertz CT molecular complexity index is 689. The molecular formula is C14H16ClFO5S. The van der Waals surface area contributed by atoms with Crippen molar-refractivity contribution >= 4 is 27.4 Å². The van der Waals surface area contributed by atoms with Gasteiger partial charge in [0.15, 0.2) is 9.84 Å². The molecule has 1 aliphatic rings. The lowest BCUT2D eigenvalue weighted by Crippen LogP contribution is -2.31. The molecule has 122 valence electrons. The molecule has 0 spiro atoms. The Labute approximate surface area is 133 Å². The minimum atomic E-state index is -4.11. The predicted octanol–water partition coefficient (Wildman–Crippen LogP) is 2.90. The topological polar surface area (TPSA) is 80.7 Å². The molecule has 1 aromatic rings. The summed E-state index contributed by atoms with van der Waals surface area (Å²) in [6, 6.07) is 1.91. The van der Waals surface area contributed by atoms with Gasteiger partial charge >= 0.3 is 5.97 Å². The standard InChI is InChI=1S/C14H16ClFO5S/c1-2-21-11-7-10(16)13(6-9(11)15)22(19,20)12-5-3-4-8(12)14(17)18/h6-8,12H,2-5H2,1H3,(H,17,18)/t8-,12-/m1/s1. The maximum absolute atomic E-state index is 14.2. The first-order valence-electron chi connectivity index (χ1n) is 6.87. The molecule has 1 aliphatic carbocycles. The van der Waals surface area contributed by atoms with Crippen molar-refractivity contribution in [1.29, 1.82) is 0 Å². The van der Waals surface area contributed by atoms with Crippen LogP contribution in [0.5, 0.6) is 5.75 Å². The Morgan fingerprint density at radius 2 is 2.14 bits per heavy atom. The third kappa shape index (κ3) is 3.05. The molecule has 5 nitrogen and oxygen atoms in total. The second kappa shape index (κ2) is 6.42. The van der Waals surface area contributed by atoms with Gasteiger partial charge in [-0.2, -0.15) is 0 Å². The third-order valence-corrected chi connectivity index (χ3v) is 6.34. The van der Waals surface area contributed by atoms with Crippen molar-refractivity contribution in [2.24, 2.45) is 5.92 Å². The fourth-order valence-corrected chi connectivity index (χ4v) is 5.12. The number of hydrogen-bond donors (Lipinski definition) is 1. The maximum atomic E-state index is 14.2.